The highest BCUT2D eigenvalue weighted by Gasteiger charge is 2.26. The Kier molecular flexibility index (Phi) is 9.49. The van der Waals surface area contributed by atoms with Crippen LogP contribution in [0.4, 0.5) is 13.2 Å². The molecule has 1 aromatic heterocycles. The van der Waals surface area contributed by atoms with Gasteiger partial charge in [-0.25, -0.2) is 4.68 Å². The van der Waals surface area contributed by atoms with Crippen LogP contribution in [0, 0.1) is 6.92 Å². The van der Waals surface area contributed by atoms with E-state index >= 15 is 0 Å². The zero-order valence-electron chi connectivity index (χ0n) is 19.3. The molecule has 0 aliphatic carbocycles. The molecule has 0 saturated heterocycles. The van der Waals surface area contributed by atoms with Crippen LogP contribution in [0.5, 0.6) is 28.9 Å². The third-order valence-electron chi connectivity index (χ3n) is 4.53. The van der Waals surface area contributed by atoms with Crippen molar-refractivity contribution < 1.29 is 32.2 Å². The molecule has 12 heteroatoms. The minimum Gasteiger partial charge on any atom is -0.489 e. The molecule has 0 bridgehead atoms. The first-order valence-corrected chi connectivity index (χ1v) is 11.3. The highest BCUT2D eigenvalue weighted by Crippen LogP contribution is 2.30. The summed E-state index contributed by atoms with van der Waals surface area (Å²) in [5.74, 6) is 2.66. The van der Waals surface area contributed by atoms with Crippen LogP contribution in [-0.2, 0) is 11.9 Å². The number of hydrogen-bond donors (Lipinski definition) is 0. The van der Waals surface area contributed by atoms with Crippen LogP contribution in [0.2, 0.25) is 0 Å². The van der Waals surface area contributed by atoms with Crippen LogP contribution in [0.3, 0.4) is 0 Å². The lowest BCUT2D eigenvalue weighted by atomic mass is 10.2. The van der Waals surface area contributed by atoms with E-state index in [-0.39, 0.29) is 11.1 Å². The molecule has 36 heavy (non-hydrogen) atoms. The molecule has 0 unspecified atom stereocenters. The standard InChI is InChI=1S/C24H22Cl2F3N3O4/c1-16-21(15-30-34-14-12-24(27,28)29)23(32(2)31-16)36-20-9-7-19(8-10-20)35-18-5-3-17(4-6-18)33-13-11-22(25)26/h3-11,15H,12-14H2,1-2H3. The number of nitrogens with zero attached hydrogens (tertiary/aromatic N) is 3. The van der Waals surface area contributed by atoms with Gasteiger partial charge >= 0.3 is 6.18 Å². The first-order chi connectivity index (χ1) is 17.1. The van der Waals surface area contributed by atoms with E-state index in [1.165, 1.54) is 17.0 Å². The average Bonchev–Trinajstić information content (AvgIpc) is 3.07. The van der Waals surface area contributed by atoms with Crippen molar-refractivity contribution in [3.8, 4) is 28.9 Å². The molecule has 0 fully saturated rings. The van der Waals surface area contributed by atoms with Crippen LogP contribution in [0.25, 0.3) is 0 Å². The van der Waals surface area contributed by atoms with Gasteiger partial charge < -0.3 is 19.0 Å². The fourth-order valence-electron chi connectivity index (χ4n) is 2.86. The predicted octanol–water partition coefficient (Wildman–Crippen LogP) is 7.31. The Bertz CT molecular complexity index is 1190. The second kappa shape index (κ2) is 12.5. The Morgan fingerprint density at radius 3 is 2.08 bits per heavy atom. The van der Waals surface area contributed by atoms with Gasteiger partial charge in [0.2, 0.25) is 5.88 Å². The summed E-state index contributed by atoms with van der Waals surface area (Å²) >= 11 is 11.1. The van der Waals surface area contributed by atoms with Crippen molar-refractivity contribution in [3.05, 3.63) is 70.4 Å². The summed E-state index contributed by atoms with van der Waals surface area (Å²) < 4.78 is 55.5. The van der Waals surface area contributed by atoms with Crippen molar-refractivity contribution in [2.75, 3.05) is 13.2 Å². The van der Waals surface area contributed by atoms with Gasteiger partial charge in [0.05, 0.1) is 23.9 Å². The van der Waals surface area contributed by atoms with Crippen molar-refractivity contribution in [2.45, 2.75) is 19.5 Å². The lowest BCUT2D eigenvalue weighted by Crippen LogP contribution is -2.10. The number of rotatable bonds is 11. The summed E-state index contributed by atoms with van der Waals surface area (Å²) in [5, 5.41) is 7.88. The Morgan fingerprint density at radius 2 is 1.53 bits per heavy atom. The Morgan fingerprint density at radius 1 is 0.972 bits per heavy atom. The molecule has 0 saturated carbocycles. The zero-order chi connectivity index (χ0) is 26.1. The molecular formula is C24H22Cl2F3N3O4. The maximum absolute atomic E-state index is 12.2. The number of halogens is 5. The minimum atomic E-state index is -4.31. The summed E-state index contributed by atoms with van der Waals surface area (Å²) in [7, 11) is 1.68. The van der Waals surface area contributed by atoms with E-state index in [0.29, 0.717) is 40.1 Å². The predicted molar refractivity (Wildman–Crippen MR) is 130 cm³/mol. The molecule has 1 heterocycles. The number of oxime groups is 1. The van der Waals surface area contributed by atoms with E-state index in [1.807, 2.05) is 0 Å². The van der Waals surface area contributed by atoms with E-state index in [4.69, 9.17) is 42.3 Å². The minimum absolute atomic E-state index is 0.138. The fraction of sp³-hybridized carbons (Fsp3) is 0.250. The number of alkyl halides is 3. The van der Waals surface area contributed by atoms with Crippen molar-refractivity contribution in [2.24, 2.45) is 12.2 Å². The summed E-state index contributed by atoms with van der Waals surface area (Å²) in [6.45, 7) is 1.40. The third-order valence-corrected chi connectivity index (χ3v) is 4.84. The molecule has 0 spiro atoms. The quantitative estimate of drug-likeness (QED) is 0.144. The van der Waals surface area contributed by atoms with E-state index in [0.717, 1.165) is 0 Å². The number of aromatic nitrogens is 2. The van der Waals surface area contributed by atoms with Crippen LogP contribution in [-0.4, -0.2) is 35.4 Å². The summed E-state index contributed by atoms with van der Waals surface area (Å²) in [6, 6.07) is 13.9. The van der Waals surface area contributed by atoms with Crippen LogP contribution < -0.4 is 14.2 Å². The molecule has 0 radical (unpaired) electrons. The molecule has 0 N–H and O–H groups in total. The van der Waals surface area contributed by atoms with E-state index in [9.17, 15) is 13.2 Å². The zero-order valence-corrected chi connectivity index (χ0v) is 20.8. The van der Waals surface area contributed by atoms with Gasteiger partial charge in [0.25, 0.3) is 0 Å². The normalized spacial score (nSPS) is 11.4. The molecule has 3 rings (SSSR count). The van der Waals surface area contributed by atoms with E-state index < -0.39 is 19.2 Å². The number of hydrogen-bond acceptors (Lipinski definition) is 6. The van der Waals surface area contributed by atoms with Crippen LogP contribution in [0.1, 0.15) is 17.7 Å². The summed E-state index contributed by atoms with van der Waals surface area (Å²) in [6.07, 6.45) is -2.59. The van der Waals surface area contributed by atoms with Gasteiger partial charge in [-0.3, -0.25) is 0 Å². The van der Waals surface area contributed by atoms with Gasteiger partial charge in [-0.2, -0.15) is 18.3 Å². The fourth-order valence-corrected chi connectivity index (χ4v) is 2.98. The maximum Gasteiger partial charge on any atom is 0.392 e. The molecular weight excluding hydrogens is 522 g/mol. The molecule has 2 aromatic carbocycles. The molecule has 0 aliphatic rings. The smallest absolute Gasteiger partial charge is 0.392 e. The number of aryl methyl sites for hydroxylation is 2. The van der Waals surface area contributed by atoms with Gasteiger partial charge in [0, 0.05) is 7.05 Å². The summed E-state index contributed by atoms with van der Waals surface area (Å²) in [5.41, 5.74) is 1.06. The van der Waals surface area contributed by atoms with Crippen molar-refractivity contribution in [1.82, 2.24) is 9.78 Å². The third kappa shape index (κ3) is 8.69. The number of ether oxygens (including phenoxy) is 3. The SMILES string of the molecule is Cc1nn(C)c(Oc2ccc(Oc3ccc(OCC=C(Cl)Cl)cc3)cc2)c1C=NOCCC(F)(F)F. The lowest BCUT2D eigenvalue weighted by molar-refractivity contribution is -0.145. The largest absolute Gasteiger partial charge is 0.489 e. The van der Waals surface area contributed by atoms with Crippen LogP contribution in [0.15, 0.2) is 64.3 Å². The Labute approximate surface area is 215 Å². The molecule has 0 aliphatic heterocycles. The van der Waals surface area contributed by atoms with Gasteiger partial charge in [-0.05, 0) is 61.5 Å². The molecule has 0 amide bonds. The average molecular weight is 544 g/mol. The maximum atomic E-state index is 12.2. The highest BCUT2D eigenvalue weighted by molar-refractivity contribution is 6.55. The topological polar surface area (TPSA) is 67.1 Å². The van der Waals surface area contributed by atoms with Gasteiger partial charge in [0.15, 0.2) is 0 Å². The number of benzene rings is 2. The first-order valence-electron chi connectivity index (χ1n) is 10.6. The summed E-state index contributed by atoms with van der Waals surface area (Å²) in [4.78, 5) is 4.71. The van der Waals surface area contributed by atoms with Gasteiger partial charge in [0.1, 0.15) is 40.7 Å². The van der Waals surface area contributed by atoms with Crippen molar-refractivity contribution in [1.29, 1.82) is 0 Å². The van der Waals surface area contributed by atoms with Crippen molar-refractivity contribution >= 4 is 29.4 Å². The first kappa shape index (κ1) is 27.2. The van der Waals surface area contributed by atoms with E-state index in [1.54, 1.807) is 62.5 Å². The Hall–Kier alpha value is -3.37. The van der Waals surface area contributed by atoms with Crippen molar-refractivity contribution in [3.63, 3.8) is 0 Å². The second-order valence-electron chi connectivity index (χ2n) is 7.31. The highest BCUT2D eigenvalue weighted by atomic mass is 35.5. The molecule has 7 nitrogen and oxygen atoms in total. The van der Waals surface area contributed by atoms with Gasteiger partial charge in [-0.15, -0.1) is 0 Å². The molecule has 192 valence electrons. The second-order valence-corrected chi connectivity index (χ2v) is 8.32. The monoisotopic (exact) mass is 543 g/mol. The van der Waals surface area contributed by atoms with E-state index in [2.05, 4.69) is 10.3 Å². The van der Waals surface area contributed by atoms with Gasteiger partial charge in [-0.1, -0.05) is 28.4 Å². The lowest BCUT2D eigenvalue weighted by Gasteiger charge is -2.10. The van der Waals surface area contributed by atoms with Crippen LogP contribution >= 0.6 is 23.2 Å². The Balaban J connectivity index is 1.59. The molecule has 0 atom stereocenters. The molecule has 3 aromatic rings.